The van der Waals surface area contributed by atoms with Crippen LogP contribution < -0.4 is 29.5 Å². The molecule has 28 heavy (non-hydrogen) atoms. The Morgan fingerprint density at radius 3 is 1.07 bits per heavy atom. The summed E-state index contributed by atoms with van der Waals surface area (Å²) in [6.45, 7) is 0. The summed E-state index contributed by atoms with van der Waals surface area (Å²) >= 11 is 24.3. The van der Waals surface area contributed by atoms with Gasteiger partial charge in [0, 0.05) is 35.2 Å². The molecule has 3 aromatic carbocycles. The van der Waals surface area contributed by atoms with E-state index in [1.165, 1.54) is 0 Å². The molecule has 10 heteroatoms. The molecule has 4 nitrogen and oxygen atoms in total. The third-order valence-electron chi connectivity index (χ3n) is 4.41. The molecule has 0 radical (unpaired) electrons. The summed E-state index contributed by atoms with van der Waals surface area (Å²) < 4.78 is 23.7. The minimum atomic E-state index is -0.691. The molecule has 0 unspecified atom stereocenters. The van der Waals surface area contributed by atoms with Crippen LogP contribution in [0.3, 0.4) is 0 Å². The van der Waals surface area contributed by atoms with Gasteiger partial charge in [0.15, 0.2) is 0 Å². The van der Waals surface area contributed by atoms with E-state index in [4.69, 9.17) is 65.0 Å². The van der Waals surface area contributed by atoms with Gasteiger partial charge in [-0.3, -0.25) is 0 Å². The van der Waals surface area contributed by atoms with E-state index < -0.39 is 14.2 Å². The van der Waals surface area contributed by atoms with Crippen molar-refractivity contribution in [3.05, 3.63) is 68.6 Å². The zero-order valence-electron chi connectivity index (χ0n) is 13.9. The minimum absolute atomic E-state index is 0.393. The van der Waals surface area contributed by atoms with Crippen molar-refractivity contribution in [2.24, 2.45) is 0 Å². The zero-order chi connectivity index (χ0) is 19.4. The Kier molecular flexibility index (Phi) is 4.48. The van der Waals surface area contributed by atoms with Gasteiger partial charge in [0.1, 0.15) is 23.0 Å². The maximum absolute atomic E-state index is 6.07. The van der Waals surface area contributed by atoms with Gasteiger partial charge >= 0.3 is 14.2 Å². The lowest BCUT2D eigenvalue weighted by Gasteiger charge is -2.12. The van der Waals surface area contributed by atoms with E-state index in [9.17, 15) is 0 Å². The fourth-order valence-corrected chi connectivity index (χ4v) is 3.71. The highest BCUT2D eigenvalue weighted by Gasteiger charge is 2.43. The van der Waals surface area contributed by atoms with E-state index in [-0.39, 0.29) is 0 Å². The second-order valence-corrected chi connectivity index (χ2v) is 7.82. The molecule has 2 aliphatic rings. The molecule has 2 heterocycles. The molecule has 0 atom stereocenters. The highest BCUT2D eigenvalue weighted by atomic mass is 35.5. The van der Waals surface area contributed by atoms with Crippen molar-refractivity contribution < 1.29 is 18.6 Å². The molecule has 0 fully saturated rings. The van der Waals surface area contributed by atoms with Crippen LogP contribution in [0.25, 0.3) is 0 Å². The Bertz CT molecular complexity index is 963. The Hall–Kier alpha value is -1.85. The molecule has 0 saturated carbocycles. The maximum atomic E-state index is 6.07. The van der Waals surface area contributed by atoms with Crippen LogP contribution in [0.15, 0.2) is 48.5 Å². The smallest absolute Gasteiger partial charge is 0.519 e. The SMILES string of the molecule is Clc1cc2c(cc1Cl)OB(c1ccccc1B1Oc3cc(Cl)c(Cl)cc3O1)O2. The molecule has 0 aliphatic carbocycles. The number of hydrogen-bond donors (Lipinski definition) is 0. The molecule has 3 aromatic rings. The van der Waals surface area contributed by atoms with Gasteiger partial charge in [0.25, 0.3) is 0 Å². The summed E-state index contributed by atoms with van der Waals surface area (Å²) in [6, 6.07) is 14.0. The van der Waals surface area contributed by atoms with E-state index >= 15 is 0 Å². The van der Waals surface area contributed by atoms with E-state index in [2.05, 4.69) is 0 Å². The topological polar surface area (TPSA) is 36.9 Å². The lowest BCUT2D eigenvalue weighted by molar-refractivity contribution is 0.512. The van der Waals surface area contributed by atoms with Crippen molar-refractivity contribution in [3.63, 3.8) is 0 Å². The van der Waals surface area contributed by atoms with Gasteiger partial charge in [-0.05, 0) is 0 Å². The predicted octanol–water partition coefficient (Wildman–Crippen LogP) is 4.63. The van der Waals surface area contributed by atoms with Gasteiger partial charge in [-0.1, -0.05) is 70.7 Å². The average molecular weight is 452 g/mol. The number of fused-ring (bicyclic) bond motifs is 2. The standard InChI is InChI=1S/C18H8B2Cl4O4/c21-11-5-15-16(6-12(11)22)26-19(25-15)9-3-1-2-4-10(9)20-27-17-7-13(23)14(24)8-18(17)28-20/h1-8H. The fourth-order valence-electron chi connectivity index (χ4n) is 3.09. The van der Waals surface area contributed by atoms with Crippen LogP contribution in [-0.4, -0.2) is 14.2 Å². The Morgan fingerprint density at radius 2 is 0.786 bits per heavy atom. The van der Waals surface area contributed by atoms with Crippen molar-refractivity contribution in [1.82, 2.24) is 0 Å². The van der Waals surface area contributed by atoms with Crippen molar-refractivity contribution in [3.8, 4) is 23.0 Å². The quantitative estimate of drug-likeness (QED) is 0.532. The molecular weight excluding hydrogens is 444 g/mol. The predicted molar refractivity (Wildman–Crippen MR) is 113 cm³/mol. The third kappa shape index (κ3) is 3.05. The van der Waals surface area contributed by atoms with Gasteiger partial charge < -0.3 is 18.6 Å². The third-order valence-corrected chi connectivity index (χ3v) is 5.86. The van der Waals surface area contributed by atoms with Gasteiger partial charge in [0.2, 0.25) is 0 Å². The molecule has 0 bridgehead atoms. The molecule has 0 saturated heterocycles. The first-order valence-electron chi connectivity index (χ1n) is 8.23. The van der Waals surface area contributed by atoms with E-state index in [0.29, 0.717) is 43.1 Å². The second-order valence-electron chi connectivity index (χ2n) is 6.19. The first-order valence-corrected chi connectivity index (χ1v) is 9.74. The monoisotopic (exact) mass is 450 g/mol. The summed E-state index contributed by atoms with van der Waals surface area (Å²) in [6.07, 6.45) is 0. The van der Waals surface area contributed by atoms with Crippen LogP contribution in [0.2, 0.25) is 20.1 Å². The largest absolute Gasteiger partial charge is 0.632 e. The van der Waals surface area contributed by atoms with Crippen LogP contribution in [0.1, 0.15) is 0 Å². The molecule has 2 aliphatic heterocycles. The van der Waals surface area contributed by atoms with Crippen molar-refractivity contribution in [1.29, 1.82) is 0 Å². The molecule has 0 amide bonds. The van der Waals surface area contributed by atoms with Gasteiger partial charge in [-0.2, -0.15) is 0 Å². The number of rotatable bonds is 2. The highest BCUT2D eigenvalue weighted by Crippen LogP contribution is 2.41. The Balaban J connectivity index is 1.46. The van der Waals surface area contributed by atoms with E-state index in [1.807, 2.05) is 24.3 Å². The molecule has 0 N–H and O–H groups in total. The Morgan fingerprint density at radius 1 is 0.500 bits per heavy atom. The van der Waals surface area contributed by atoms with Gasteiger partial charge in [-0.25, -0.2) is 0 Å². The first-order chi connectivity index (χ1) is 13.5. The van der Waals surface area contributed by atoms with Crippen LogP contribution in [-0.2, 0) is 0 Å². The summed E-state index contributed by atoms with van der Waals surface area (Å²) in [5.41, 5.74) is 1.50. The lowest BCUT2D eigenvalue weighted by atomic mass is 9.65. The highest BCUT2D eigenvalue weighted by molar-refractivity contribution is 6.75. The van der Waals surface area contributed by atoms with Crippen LogP contribution >= 0.6 is 46.4 Å². The summed E-state index contributed by atoms with van der Waals surface area (Å²) in [5, 5.41) is 1.57. The molecule has 0 spiro atoms. The van der Waals surface area contributed by atoms with Crippen LogP contribution in [0.5, 0.6) is 23.0 Å². The molecule has 0 aromatic heterocycles. The van der Waals surface area contributed by atoms with Crippen molar-refractivity contribution in [2.75, 3.05) is 0 Å². The van der Waals surface area contributed by atoms with Crippen LogP contribution in [0, 0.1) is 0 Å². The number of halogens is 4. The van der Waals surface area contributed by atoms with Crippen LogP contribution in [0.4, 0.5) is 0 Å². The zero-order valence-corrected chi connectivity index (χ0v) is 16.9. The summed E-state index contributed by atoms with van der Waals surface area (Å²) in [4.78, 5) is 0. The summed E-state index contributed by atoms with van der Waals surface area (Å²) in [5.74, 6) is 2.07. The molecular formula is C18H8B2Cl4O4. The normalized spacial score (nSPS) is 14.0. The lowest BCUT2D eigenvalue weighted by Crippen LogP contribution is -2.55. The van der Waals surface area contributed by atoms with E-state index in [1.54, 1.807) is 24.3 Å². The summed E-state index contributed by atoms with van der Waals surface area (Å²) in [7, 11) is -1.38. The maximum Gasteiger partial charge on any atom is 0.632 e. The first kappa shape index (κ1) is 18.2. The number of hydrogen-bond acceptors (Lipinski definition) is 4. The van der Waals surface area contributed by atoms with Crippen molar-refractivity contribution in [2.45, 2.75) is 0 Å². The fraction of sp³-hybridized carbons (Fsp3) is 0. The van der Waals surface area contributed by atoms with E-state index in [0.717, 1.165) is 10.9 Å². The second kappa shape index (κ2) is 6.89. The molecule has 5 rings (SSSR count). The number of benzene rings is 3. The van der Waals surface area contributed by atoms with Gasteiger partial charge in [-0.15, -0.1) is 0 Å². The molecule has 138 valence electrons. The van der Waals surface area contributed by atoms with Crippen molar-refractivity contribution >= 4 is 71.6 Å². The average Bonchev–Trinajstić information content (AvgIpc) is 3.26. The Labute approximate surface area is 181 Å². The van der Waals surface area contributed by atoms with Gasteiger partial charge in [0.05, 0.1) is 20.1 Å². The minimum Gasteiger partial charge on any atom is -0.519 e.